The van der Waals surface area contributed by atoms with Crippen molar-refractivity contribution < 1.29 is 8.42 Å². The van der Waals surface area contributed by atoms with Gasteiger partial charge in [-0.05, 0) is 18.9 Å². The fourth-order valence-electron chi connectivity index (χ4n) is 2.23. The summed E-state index contributed by atoms with van der Waals surface area (Å²) in [5, 5.41) is 0.135. The molecule has 2 aromatic rings. The van der Waals surface area contributed by atoms with Gasteiger partial charge in [-0.15, -0.1) is 22.9 Å². The summed E-state index contributed by atoms with van der Waals surface area (Å²) in [5.41, 5.74) is 0.599. The molecule has 2 aromatic heterocycles. The van der Waals surface area contributed by atoms with Gasteiger partial charge >= 0.3 is 0 Å². The maximum absolute atomic E-state index is 12.1. The normalized spacial score (nSPS) is 19.3. The second-order valence-electron chi connectivity index (χ2n) is 4.59. The SMILES string of the molecule is C[C@H](Cl)c1nc2sc3c(c2c(=O)[nH]1)CCS(=O)(=O)C3. The summed E-state index contributed by atoms with van der Waals surface area (Å²) in [5.74, 6) is 0.522. The zero-order valence-corrected chi connectivity index (χ0v) is 12.5. The van der Waals surface area contributed by atoms with Gasteiger partial charge in [0.25, 0.3) is 5.56 Å². The van der Waals surface area contributed by atoms with E-state index in [1.54, 1.807) is 6.92 Å². The number of halogens is 1. The topological polar surface area (TPSA) is 79.9 Å². The van der Waals surface area contributed by atoms with Gasteiger partial charge < -0.3 is 4.98 Å². The third-order valence-corrected chi connectivity index (χ3v) is 6.22. The number of alkyl halides is 1. The molecular weight excluding hydrogens is 308 g/mol. The number of nitrogens with zero attached hydrogens (tertiary/aromatic N) is 1. The molecule has 0 amide bonds. The van der Waals surface area contributed by atoms with Gasteiger partial charge in [-0.2, -0.15) is 0 Å². The number of aryl methyl sites for hydroxylation is 1. The monoisotopic (exact) mass is 318 g/mol. The summed E-state index contributed by atoms with van der Waals surface area (Å²) in [7, 11) is -3.04. The molecule has 0 saturated carbocycles. The highest BCUT2D eigenvalue weighted by atomic mass is 35.5. The minimum absolute atomic E-state index is 0.00849. The first-order chi connectivity index (χ1) is 8.87. The zero-order valence-electron chi connectivity index (χ0n) is 10.1. The molecule has 0 fully saturated rings. The molecule has 19 heavy (non-hydrogen) atoms. The molecule has 1 aliphatic rings. The first-order valence-corrected chi connectivity index (χ1v) is 8.84. The molecule has 102 valence electrons. The lowest BCUT2D eigenvalue weighted by Gasteiger charge is -2.11. The van der Waals surface area contributed by atoms with Crippen LogP contribution in [0.3, 0.4) is 0 Å². The zero-order chi connectivity index (χ0) is 13.8. The summed E-state index contributed by atoms with van der Waals surface area (Å²) < 4.78 is 23.3. The summed E-state index contributed by atoms with van der Waals surface area (Å²) in [6, 6.07) is 0. The number of nitrogens with one attached hydrogen (secondary N) is 1. The molecule has 3 heterocycles. The highest BCUT2D eigenvalue weighted by Gasteiger charge is 2.27. The highest BCUT2D eigenvalue weighted by Crippen LogP contribution is 2.33. The molecule has 0 bridgehead atoms. The van der Waals surface area contributed by atoms with E-state index in [0.717, 1.165) is 10.4 Å². The van der Waals surface area contributed by atoms with E-state index in [2.05, 4.69) is 9.97 Å². The predicted molar refractivity (Wildman–Crippen MR) is 75.7 cm³/mol. The molecule has 1 aliphatic heterocycles. The van der Waals surface area contributed by atoms with Crippen LogP contribution in [0.25, 0.3) is 10.2 Å². The number of rotatable bonds is 1. The number of aromatic amines is 1. The van der Waals surface area contributed by atoms with Crippen LogP contribution in [0.2, 0.25) is 0 Å². The summed E-state index contributed by atoms with van der Waals surface area (Å²) >= 11 is 7.20. The summed E-state index contributed by atoms with van der Waals surface area (Å²) in [6.45, 7) is 1.73. The van der Waals surface area contributed by atoms with Gasteiger partial charge in [0, 0.05) is 4.88 Å². The van der Waals surface area contributed by atoms with Crippen LogP contribution < -0.4 is 5.56 Å². The average Bonchev–Trinajstić information content (AvgIpc) is 2.64. The van der Waals surface area contributed by atoms with Gasteiger partial charge in [0.2, 0.25) is 0 Å². The standard InChI is InChI=1S/C11H11ClN2O3S2/c1-5(12)9-13-10(15)8-6-2-3-19(16,17)4-7(6)18-11(8)14-9/h5H,2-4H2,1H3,(H,13,14,15)/t5-/m0/s1. The lowest BCUT2D eigenvalue weighted by molar-refractivity contribution is 0.592. The van der Waals surface area contributed by atoms with Crippen molar-refractivity contribution in [3.63, 3.8) is 0 Å². The molecule has 0 aromatic carbocycles. The van der Waals surface area contributed by atoms with Crippen LogP contribution in [0.1, 0.15) is 28.6 Å². The lowest BCUT2D eigenvalue weighted by atomic mass is 10.1. The van der Waals surface area contributed by atoms with Crippen molar-refractivity contribution in [3.05, 3.63) is 26.6 Å². The van der Waals surface area contributed by atoms with E-state index >= 15 is 0 Å². The Hall–Kier alpha value is -0.920. The molecular formula is C11H11ClN2O3S2. The van der Waals surface area contributed by atoms with Crippen molar-refractivity contribution in [2.45, 2.75) is 24.5 Å². The largest absolute Gasteiger partial charge is 0.309 e. The second-order valence-corrected chi connectivity index (χ2v) is 8.52. The summed E-state index contributed by atoms with van der Waals surface area (Å²) in [4.78, 5) is 20.4. The molecule has 0 unspecified atom stereocenters. The van der Waals surface area contributed by atoms with E-state index in [9.17, 15) is 13.2 Å². The van der Waals surface area contributed by atoms with Crippen molar-refractivity contribution in [2.75, 3.05) is 5.75 Å². The van der Waals surface area contributed by atoms with Gasteiger partial charge in [-0.1, -0.05) is 0 Å². The molecule has 0 aliphatic carbocycles. The Morgan fingerprint density at radius 3 is 2.89 bits per heavy atom. The Labute approximate surface area is 118 Å². The minimum Gasteiger partial charge on any atom is -0.309 e. The fourth-order valence-corrected chi connectivity index (χ4v) is 5.36. The van der Waals surface area contributed by atoms with E-state index in [4.69, 9.17) is 11.6 Å². The molecule has 0 saturated heterocycles. The third-order valence-electron chi connectivity index (χ3n) is 3.15. The van der Waals surface area contributed by atoms with Crippen LogP contribution >= 0.6 is 22.9 Å². The predicted octanol–water partition coefficient (Wildman–Crippen LogP) is 1.76. The molecule has 3 rings (SSSR count). The van der Waals surface area contributed by atoms with Crippen molar-refractivity contribution in [2.24, 2.45) is 0 Å². The van der Waals surface area contributed by atoms with Crippen LogP contribution in [-0.4, -0.2) is 24.1 Å². The van der Waals surface area contributed by atoms with Crippen LogP contribution in [0.5, 0.6) is 0 Å². The first kappa shape index (κ1) is 13.1. The average molecular weight is 319 g/mol. The third kappa shape index (κ3) is 2.19. The van der Waals surface area contributed by atoms with Crippen LogP contribution in [-0.2, 0) is 22.0 Å². The minimum atomic E-state index is -3.04. The van der Waals surface area contributed by atoms with Crippen molar-refractivity contribution in [1.29, 1.82) is 0 Å². The number of sulfone groups is 1. The molecule has 1 atom stereocenters. The van der Waals surface area contributed by atoms with Crippen LogP contribution in [0.15, 0.2) is 4.79 Å². The molecule has 1 N–H and O–H groups in total. The Kier molecular flexibility index (Phi) is 2.95. The van der Waals surface area contributed by atoms with Gasteiger partial charge in [0.1, 0.15) is 10.7 Å². The van der Waals surface area contributed by atoms with Crippen molar-refractivity contribution in [3.8, 4) is 0 Å². The number of H-pyrrole nitrogens is 1. The first-order valence-electron chi connectivity index (χ1n) is 5.76. The maximum atomic E-state index is 12.1. The second kappa shape index (κ2) is 4.29. The van der Waals surface area contributed by atoms with E-state index in [0.29, 0.717) is 22.5 Å². The Morgan fingerprint density at radius 1 is 1.47 bits per heavy atom. The Balaban J connectivity index is 2.29. The Bertz CT molecular complexity index is 820. The van der Waals surface area contributed by atoms with Crippen LogP contribution in [0, 0.1) is 0 Å². The number of hydrogen-bond acceptors (Lipinski definition) is 5. The lowest BCUT2D eigenvalue weighted by Crippen LogP contribution is -2.19. The van der Waals surface area contributed by atoms with E-state index in [1.165, 1.54) is 11.3 Å². The molecule has 8 heteroatoms. The van der Waals surface area contributed by atoms with E-state index in [1.807, 2.05) is 0 Å². The smallest absolute Gasteiger partial charge is 0.259 e. The van der Waals surface area contributed by atoms with Gasteiger partial charge in [-0.25, -0.2) is 13.4 Å². The van der Waals surface area contributed by atoms with E-state index in [-0.39, 0.29) is 22.4 Å². The maximum Gasteiger partial charge on any atom is 0.259 e. The van der Waals surface area contributed by atoms with Gasteiger partial charge in [-0.3, -0.25) is 4.79 Å². The van der Waals surface area contributed by atoms with Gasteiger partial charge in [0.15, 0.2) is 9.84 Å². The molecule has 0 radical (unpaired) electrons. The number of aromatic nitrogens is 2. The number of hydrogen-bond donors (Lipinski definition) is 1. The Morgan fingerprint density at radius 2 is 2.21 bits per heavy atom. The summed E-state index contributed by atoms with van der Waals surface area (Å²) in [6.07, 6.45) is 0.387. The van der Waals surface area contributed by atoms with E-state index < -0.39 is 9.84 Å². The molecule has 0 spiro atoms. The van der Waals surface area contributed by atoms with Crippen molar-refractivity contribution in [1.82, 2.24) is 9.97 Å². The van der Waals surface area contributed by atoms with Gasteiger partial charge in [0.05, 0.1) is 22.3 Å². The number of thiophene rings is 1. The fraction of sp³-hybridized carbons (Fsp3) is 0.455. The van der Waals surface area contributed by atoms with Crippen LogP contribution in [0.4, 0.5) is 0 Å². The number of fused-ring (bicyclic) bond motifs is 3. The quantitative estimate of drug-likeness (QED) is 0.812. The molecule has 5 nitrogen and oxygen atoms in total. The van der Waals surface area contributed by atoms with Crippen molar-refractivity contribution >= 4 is 43.0 Å². The highest BCUT2D eigenvalue weighted by molar-refractivity contribution is 7.90.